The Balaban J connectivity index is 0.00000200. The van der Waals surface area contributed by atoms with Gasteiger partial charge in [0.1, 0.15) is 0 Å². The molecule has 20 heavy (non-hydrogen) atoms. The summed E-state index contributed by atoms with van der Waals surface area (Å²) in [7, 11) is 0. The van der Waals surface area contributed by atoms with Gasteiger partial charge in [0.25, 0.3) is 0 Å². The second-order valence-electron chi connectivity index (χ2n) is 4.84. The standard InChI is InChI=1S/C14H19N3O2.ClH/c1-10(15)14(19)16-8-13(18)17-7-6-11-4-2-3-5-12(11)9-17;/h2-5,10H,6-9,15H2,1H3,(H,16,19);1H/t10-;/m1./s1. The normalized spacial score (nSPS) is 14.8. The lowest BCUT2D eigenvalue weighted by atomic mass is 10.00. The summed E-state index contributed by atoms with van der Waals surface area (Å²) >= 11 is 0. The number of benzene rings is 1. The van der Waals surface area contributed by atoms with Gasteiger partial charge in [-0.15, -0.1) is 12.4 Å². The minimum atomic E-state index is -0.588. The van der Waals surface area contributed by atoms with E-state index in [-0.39, 0.29) is 30.8 Å². The number of nitrogens with two attached hydrogens (primary N) is 1. The third-order valence-electron chi connectivity index (χ3n) is 3.31. The molecule has 5 nitrogen and oxygen atoms in total. The number of fused-ring (bicyclic) bond motifs is 1. The molecule has 2 amide bonds. The molecule has 0 aromatic heterocycles. The quantitative estimate of drug-likeness (QED) is 0.851. The fourth-order valence-corrected chi connectivity index (χ4v) is 2.14. The van der Waals surface area contributed by atoms with Crippen molar-refractivity contribution in [1.29, 1.82) is 0 Å². The maximum Gasteiger partial charge on any atom is 0.242 e. The number of carbonyl (C=O) groups is 2. The van der Waals surface area contributed by atoms with E-state index in [0.717, 1.165) is 6.42 Å². The van der Waals surface area contributed by atoms with Gasteiger partial charge in [-0.2, -0.15) is 0 Å². The fourth-order valence-electron chi connectivity index (χ4n) is 2.14. The second-order valence-corrected chi connectivity index (χ2v) is 4.84. The lowest BCUT2D eigenvalue weighted by molar-refractivity contribution is -0.133. The van der Waals surface area contributed by atoms with Crippen molar-refractivity contribution in [3.05, 3.63) is 35.4 Å². The van der Waals surface area contributed by atoms with Gasteiger partial charge in [-0.25, -0.2) is 0 Å². The third-order valence-corrected chi connectivity index (χ3v) is 3.31. The van der Waals surface area contributed by atoms with E-state index in [1.807, 2.05) is 18.2 Å². The molecule has 1 aromatic rings. The molecule has 0 aliphatic carbocycles. The van der Waals surface area contributed by atoms with Gasteiger partial charge in [-0.3, -0.25) is 9.59 Å². The van der Waals surface area contributed by atoms with Crippen LogP contribution < -0.4 is 11.1 Å². The first kappa shape index (κ1) is 16.5. The van der Waals surface area contributed by atoms with Crippen LogP contribution in [0.1, 0.15) is 18.1 Å². The van der Waals surface area contributed by atoms with Gasteiger partial charge in [0.2, 0.25) is 11.8 Å². The van der Waals surface area contributed by atoms with Crippen LogP contribution in [0.25, 0.3) is 0 Å². The first-order chi connectivity index (χ1) is 9.08. The Bertz CT molecular complexity index is 491. The van der Waals surface area contributed by atoms with Crippen molar-refractivity contribution in [2.24, 2.45) is 5.73 Å². The third kappa shape index (κ3) is 3.95. The van der Waals surface area contributed by atoms with Crippen molar-refractivity contribution in [3.63, 3.8) is 0 Å². The van der Waals surface area contributed by atoms with Crippen LogP contribution in [-0.4, -0.2) is 35.8 Å². The number of nitrogens with zero attached hydrogens (tertiary/aromatic N) is 1. The van der Waals surface area contributed by atoms with Crippen molar-refractivity contribution in [3.8, 4) is 0 Å². The molecule has 1 aliphatic heterocycles. The lowest BCUT2D eigenvalue weighted by Gasteiger charge is -2.29. The summed E-state index contributed by atoms with van der Waals surface area (Å²) in [6.07, 6.45) is 0.864. The summed E-state index contributed by atoms with van der Waals surface area (Å²) in [5.41, 5.74) is 7.91. The zero-order valence-corrected chi connectivity index (χ0v) is 12.3. The van der Waals surface area contributed by atoms with Crippen LogP contribution in [0.5, 0.6) is 0 Å². The zero-order chi connectivity index (χ0) is 13.8. The molecule has 1 aliphatic rings. The van der Waals surface area contributed by atoms with E-state index in [2.05, 4.69) is 11.4 Å². The smallest absolute Gasteiger partial charge is 0.242 e. The molecule has 6 heteroatoms. The topological polar surface area (TPSA) is 75.4 Å². The molecule has 0 fully saturated rings. The molecule has 0 spiro atoms. The molecule has 110 valence electrons. The van der Waals surface area contributed by atoms with Gasteiger partial charge < -0.3 is 16.0 Å². The van der Waals surface area contributed by atoms with Gasteiger partial charge in [0.15, 0.2) is 0 Å². The van der Waals surface area contributed by atoms with E-state index in [0.29, 0.717) is 13.1 Å². The summed E-state index contributed by atoms with van der Waals surface area (Å²) in [6.45, 7) is 2.92. The van der Waals surface area contributed by atoms with Crippen LogP contribution in [-0.2, 0) is 22.6 Å². The van der Waals surface area contributed by atoms with Crippen LogP contribution in [0.15, 0.2) is 24.3 Å². The van der Waals surface area contributed by atoms with Crippen molar-refractivity contribution in [2.45, 2.75) is 25.9 Å². The first-order valence-corrected chi connectivity index (χ1v) is 6.46. The van der Waals surface area contributed by atoms with E-state index in [9.17, 15) is 9.59 Å². The molecule has 0 saturated carbocycles. The highest BCUT2D eigenvalue weighted by Crippen LogP contribution is 2.18. The summed E-state index contributed by atoms with van der Waals surface area (Å²) in [5, 5.41) is 2.55. The zero-order valence-electron chi connectivity index (χ0n) is 11.5. The lowest BCUT2D eigenvalue weighted by Crippen LogP contribution is -2.46. The van der Waals surface area contributed by atoms with Gasteiger partial charge in [0.05, 0.1) is 12.6 Å². The highest BCUT2D eigenvalue weighted by molar-refractivity contribution is 5.87. The van der Waals surface area contributed by atoms with E-state index < -0.39 is 6.04 Å². The average molecular weight is 298 g/mol. The largest absolute Gasteiger partial charge is 0.346 e. The van der Waals surface area contributed by atoms with Crippen LogP contribution in [0.2, 0.25) is 0 Å². The van der Waals surface area contributed by atoms with Crippen LogP contribution in [0.3, 0.4) is 0 Å². The minimum Gasteiger partial charge on any atom is -0.346 e. The number of hydrogen-bond donors (Lipinski definition) is 2. The minimum absolute atomic E-state index is 0. The molecular formula is C14H20ClN3O2. The second kappa shape index (κ2) is 7.26. The van der Waals surface area contributed by atoms with Crippen molar-refractivity contribution in [2.75, 3.05) is 13.1 Å². The molecule has 2 rings (SSSR count). The maximum absolute atomic E-state index is 12.0. The van der Waals surface area contributed by atoms with Crippen molar-refractivity contribution in [1.82, 2.24) is 10.2 Å². The van der Waals surface area contributed by atoms with Crippen LogP contribution >= 0.6 is 12.4 Å². The number of carbonyl (C=O) groups excluding carboxylic acids is 2. The van der Waals surface area contributed by atoms with Gasteiger partial charge in [-0.05, 0) is 24.5 Å². The highest BCUT2D eigenvalue weighted by atomic mass is 35.5. The molecule has 0 saturated heterocycles. The maximum atomic E-state index is 12.0. The number of hydrogen-bond acceptors (Lipinski definition) is 3. The molecular weight excluding hydrogens is 278 g/mol. The van der Waals surface area contributed by atoms with Crippen molar-refractivity contribution < 1.29 is 9.59 Å². The Morgan fingerprint density at radius 1 is 1.35 bits per heavy atom. The number of nitrogens with one attached hydrogen (secondary N) is 1. The summed E-state index contributed by atoms with van der Waals surface area (Å²) in [5.74, 6) is -0.366. The summed E-state index contributed by atoms with van der Waals surface area (Å²) < 4.78 is 0. The van der Waals surface area contributed by atoms with Crippen molar-refractivity contribution >= 4 is 24.2 Å². The van der Waals surface area contributed by atoms with Gasteiger partial charge >= 0.3 is 0 Å². The highest BCUT2D eigenvalue weighted by Gasteiger charge is 2.20. The van der Waals surface area contributed by atoms with Crippen LogP contribution in [0.4, 0.5) is 0 Å². The summed E-state index contributed by atoms with van der Waals surface area (Å²) in [4.78, 5) is 25.1. The molecule has 0 bridgehead atoms. The molecule has 0 radical (unpaired) electrons. The average Bonchev–Trinajstić information content (AvgIpc) is 2.43. The Kier molecular flexibility index (Phi) is 5.98. The van der Waals surface area contributed by atoms with E-state index >= 15 is 0 Å². The summed E-state index contributed by atoms with van der Waals surface area (Å²) in [6, 6.07) is 7.53. The SMILES string of the molecule is C[C@@H](N)C(=O)NCC(=O)N1CCc2ccccc2C1.Cl. The predicted octanol–water partition coefficient (Wildman–Crippen LogP) is 0.456. The molecule has 1 heterocycles. The first-order valence-electron chi connectivity index (χ1n) is 6.46. The van der Waals surface area contributed by atoms with E-state index in [1.54, 1.807) is 11.8 Å². The Morgan fingerprint density at radius 3 is 2.65 bits per heavy atom. The van der Waals surface area contributed by atoms with E-state index in [4.69, 9.17) is 5.73 Å². The number of rotatable bonds is 3. The Labute approximate surface area is 124 Å². The van der Waals surface area contributed by atoms with Gasteiger partial charge in [-0.1, -0.05) is 24.3 Å². The van der Waals surface area contributed by atoms with E-state index in [1.165, 1.54) is 11.1 Å². The number of halogens is 1. The molecule has 3 N–H and O–H groups in total. The number of amides is 2. The molecule has 1 aromatic carbocycles. The van der Waals surface area contributed by atoms with Gasteiger partial charge in [0, 0.05) is 13.1 Å². The molecule has 1 atom stereocenters. The monoisotopic (exact) mass is 297 g/mol. The Morgan fingerprint density at radius 2 is 2.00 bits per heavy atom. The predicted molar refractivity (Wildman–Crippen MR) is 79.5 cm³/mol. The Hall–Kier alpha value is -1.59. The fraction of sp³-hybridized carbons (Fsp3) is 0.429. The van der Waals surface area contributed by atoms with Crippen LogP contribution in [0, 0.1) is 0 Å². The molecule has 0 unspecified atom stereocenters.